The highest BCUT2D eigenvalue weighted by atomic mass is 35.5. The van der Waals surface area contributed by atoms with Crippen molar-refractivity contribution >= 4 is 27.5 Å². The lowest BCUT2D eigenvalue weighted by Crippen LogP contribution is -2.35. The van der Waals surface area contributed by atoms with E-state index in [0.29, 0.717) is 42.7 Å². The van der Waals surface area contributed by atoms with Gasteiger partial charge in [-0.25, -0.2) is 8.42 Å². The molecule has 1 aliphatic rings. The average molecular weight is 379 g/mol. The van der Waals surface area contributed by atoms with Gasteiger partial charge in [-0.3, -0.25) is 9.30 Å². The molecule has 0 N–H and O–H groups in total. The lowest BCUT2D eigenvalue weighted by Gasteiger charge is -2.22. The maximum absolute atomic E-state index is 13.2. The third-order valence-electron chi connectivity index (χ3n) is 3.86. The Bertz CT molecular complexity index is 882. The first-order chi connectivity index (χ1) is 12.0. The van der Waals surface area contributed by atoms with Gasteiger partial charge in [0.2, 0.25) is 0 Å². The minimum atomic E-state index is -3.79. The second-order valence-corrected chi connectivity index (χ2v) is 7.83. The molecule has 25 heavy (non-hydrogen) atoms. The molecule has 5 nitrogen and oxygen atoms in total. The van der Waals surface area contributed by atoms with Gasteiger partial charge in [0.25, 0.3) is 10.0 Å². The minimum Gasteiger partial charge on any atom is -0.492 e. The van der Waals surface area contributed by atoms with Crippen LogP contribution in [0.2, 0.25) is 5.02 Å². The standard InChI is InChI=1S/C18H19ClN2O3S/c1-2-24-16-9-8-15(19)13-17(16)25(22,23)21-11-10-20-18(21)12-14-6-4-3-5-7-14/h3-9,13H,2,10-12H2,1H3. The summed E-state index contributed by atoms with van der Waals surface area (Å²) < 4.78 is 33.2. The van der Waals surface area contributed by atoms with Gasteiger partial charge in [-0.15, -0.1) is 0 Å². The lowest BCUT2D eigenvalue weighted by atomic mass is 10.1. The molecule has 2 aromatic carbocycles. The Morgan fingerprint density at radius 3 is 2.68 bits per heavy atom. The molecule has 2 aromatic rings. The predicted molar refractivity (Wildman–Crippen MR) is 99.0 cm³/mol. The number of rotatable bonds is 6. The van der Waals surface area contributed by atoms with Crippen LogP contribution in [0.4, 0.5) is 0 Å². The number of halogens is 1. The van der Waals surface area contributed by atoms with Crippen molar-refractivity contribution in [1.82, 2.24) is 4.31 Å². The molecule has 0 amide bonds. The molecule has 0 bridgehead atoms. The molecule has 0 atom stereocenters. The van der Waals surface area contributed by atoms with E-state index >= 15 is 0 Å². The van der Waals surface area contributed by atoms with E-state index in [1.54, 1.807) is 12.1 Å². The van der Waals surface area contributed by atoms with Gasteiger partial charge in [0.1, 0.15) is 16.5 Å². The summed E-state index contributed by atoms with van der Waals surface area (Å²) in [6.07, 6.45) is 0.463. The number of amidine groups is 1. The van der Waals surface area contributed by atoms with Crippen molar-refractivity contribution < 1.29 is 13.2 Å². The van der Waals surface area contributed by atoms with Gasteiger partial charge in [-0.05, 0) is 30.7 Å². The number of hydrogen-bond acceptors (Lipinski definition) is 4. The fourth-order valence-electron chi connectivity index (χ4n) is 2.74. The smallest absolute Gasteiger partial charge is 0.269 e. The molecular formula is C18H19ClN2O3S. The summed E-state index contributed by atoms with van der Waals surface area (Å²) in [4.78, 5) is 4.47. The summed E-state index contributed by atoms with van der Waals surface area (Å²) in [5, 5.41) is 0.350. The van der Waals surface area contributed by atoms with Crippen LogP contribution in [0, 0.1) is 0 Å². The SMILES string of the molecule is CCOc1ccc(Cl)cc1S(=O)(=O)N1CCN=C1Cc1ccccc1. The maximum atomic E-state index is 13.2. The Kier molecular flexibility index (Phi) is 5.30. The van der Waals surface area contributed by atoms with Crippen LogP contribution in [0.3, 0.4) is 0 Å². The van der Waals surface area contributed by atoms with Crippen molar-refractivity contribution in [1.29, 1.82) is 0 Å². The van der Waals surface area contributed by atoms with Crippen LogP contribution in [0.1, 0.15) is 12.5 Å². The van der Waals surface area contributed by atoms with E-state index in [-0.39, 0.29) is 4.90 Å². The largest absolute Gasteiger partial charge is 0.492 e. The topological polar surface area (TPSA) is 59.0 Å². The summed E-state index contributed by atoms with van der Waals surface area (Å²) in [6, 6.07) is 14.3. The summed E-state index contributed by atoms with van der Waals surface area (Å²) in [5.74, 6) is 0.839. The molecule has 0 radical (unpaired) electrons. The Labute approximate surface area is 153 Å². The third kappa shape index (κ3) is 3.80. The molecule has 0 saturated carbocycles. The predicted octanol–water partition coefficient (Wildman–Crippen LogP) is 3.38. The number of nitrogens with zero attached hydrogens (tertiary/aromatic N) is 2. The molecule has 0 aromatic heterocycles. The van der Waals surface area contributed by atoms with E-state index in [9.17, 15) is 8.42 Å². The zero-order chi connectivity index (χ0) is 17.9. The van der Waals surface area contributed by atoms with E-state index in [1.165, 1.54) is 10.4 Å². The number of sulfonamides is 1. The molecule has 0 spiro atoms. The number of hydrogen-bond donors (Lipinski definition) is 0. The quantitative estimate of drug-likeness (QED) is 0.774. The van der Waals surface area contributed by atoms with Crippen LogP contribution in [-0.4, -0.2) is 38.3 Å². The van der Waals surface area contributed by atoms with Crippen LogP contribution < -0.4 is 4.74 Å². The van der Waals surface area contributed by atoms with Crippen LogP contribution in [0.15, 0.2) is 58.4 Å². The van der Waals surface area contributed by atoms with E-state index in [1.807, 2.05) is 37.3 Å². The first kappa shape index (κ1) is 17.8. The van der Waals surface area contributed by atoms with E-state index in [4.69, 9.17) is 16.3 Å². The Balaban J connectivity index is 1.94. The fraction of sp³-hybridized carbons (Fsp3) is 0.278. The van der Waals surface area contributed by atoms with Crippen molar-refractivity contribution in [2.75, 3.05) is 19.7 Å². The van der Waals surface area contributed by atoms with Gasteiger partial charge in [-0.1, -0.05) is 41.9 Å². The molecule has 1 heterocycles. The van der Waals surface area contributed by atoms with Crippen molar-refractivity contribution in [3.05, 3.63) is 59.1 Å². The molecule has 0 unspecified atom stereocenters. The average Bonchev–Trinajstić information content (AvgIpc) is 3.06. The molecule has 7 heteroatoms. The van der Waals surface area contributed by atoms with Gasteiger partial charge in [-0.2, -0.15) is 0 Å². The molecule has 1 aliphatic heterocycles. The van der Waals surface area contributed by atoms with Gasteiger partial charge < -0.3 is 4.74 Å². The van der Waals surface area contributed by atoms with Crippen molar-refractivity contribution in [2.24, 2.45) is 4.99 Å². The Hall–Kier alpha value is -2.05. The van der Waals surface area contributed by atoms with Crippen LogP contribution in [0.25, 0.3) is 0 Å². The molecule has 3 rings (SSSR count). The molecule has 0 aliphatic carbocycles. The van der Waals surface area contributed by atoms with Crippen molar-refractivity contribution in [3.8, 4) is 5.75 Å². The summed E-state index contributed by atoms with van der Waals surface area (Å²) in [7, 11) is -3.79. The minimum absolute atomic E-state index is 0.0736. The highest BCUT2D eigenvalue weighted by Gasteiger charge is 2.33. The zero-order valence-electron chi connectivity index (χ0n) is 13.9. The van der Waals surface area contributed by atoms with Crippen LogP contribution in [-0.2, 0) is 16.4 Å². The summed E-state index contributed by atoms with van der Waals surface area (Å²) >= 11 is 6.03. The lowest BCUT2D eigenvalue weighted by molar-refractivity contribution is 0.330. The number of ether oxygens (including phenoxy) is 1. The molecule has 0 fully saturated rings. The monoisotopic (exact) mass is 378 g/mol. The Morgan fingerprint density at radius 2 is 1.96 bits per heavy atom. The second kappa shape index (κ2) is 7.45. The Morgan fingerprint density at radius 1 is 1.20 bits per heavy atom. The third-order valence-corrected chi connectivity index (χ3v) is 5.95. The highest BCUT2D eigenvalue weighted by Crippen LogP contribution is 2.31. The zero-order valence-corrected chi connectivity index (χ0v) is 15.4. The van der Waals surface area contributed by atoms with Crippen LogP contribution >= 0.6 is 11.6 Å². The summed E-state index contributed by atoms with van der Waals surface area (Å²) in [6.45, 7) is 2.95. The fourth-order valence-corrected chi connectivity index (χ4v) is 4.59. The van der Waals surface area contributed by atoms with Gasteiger partial charge >= 0.3 is 0 Å². The first-order valence-electron chi connectivity index (χ1n) is 8.04. The highest BCUT2D eigenvalue weighted by molar-refractivity contribution is 7.89. The number of aliphatic imine (C=N–C) groups is 1. The molecule has 0 saturated heterocycles. The summed E-state index contributed by atoms with van der Waals surface area (Å²) in [5.41, 5.74) is 1.01. The normalized spacial score (nSPS) is 14.5. The van der Waals surface area contributed by atoms with Crippen molar-refractivity contribution in [2.45, 2.75) is 18.2 Å². The van der Waals surface area contributed by atoms with E-state index in [0.717, 1.165) is 5.56 Å². The van der Waals surface area contributed by atoms with E-state index < -0.39 is 10.0 Å². The second-order valence-electron chi connectivity index (χ2n) is 5.56. The van der Waals surface area contributed by atoms with E-state index in [2.05, 4.69) is 4.99 Å². The molecular weight excluding hydrogens is 360 g/mol. The van der Waals surface area contributed by atoms with Crippen LogP contribution in [0.5, 0.6) is 5.75 Å². The van der Waals surface area contributed by atoms with Gasteiger partial charge in [0, 0.05) is 11.4 Å². The van der Waals surface area contributed by atoms with Crippen molar-refractivity contribution in [3.63, 3.8) is 0 Å². The van der Waals surface area contributed by atoms with Gasteiger partial charge in [0.15, 0.2) is 0 Å². The maximum Gasteiger partial charge on any atom is 0.269 e. The number of benzene rings is 2. The molecule has 132 valence electrons. The van der Waals surface area contributed by atoms with Gasteiger partial charge in [0.05, 0.1) is 19.7 Å². The first-order valence-corrected chi connectivity index (χ1v) is 9.86.